The summed E-state index contributed by atoms with van der Waals surface area (Å²) in [5, 5.41) is 3.27. The quantitative estimate of drug-likeness (QED) is 0.754. The van der Waals surface area contributed by atoms with Gasteiger partial charge >= 0.3 is 0 Å². The molecule has 5 nitrogen and oxygen atoms in total. The second-order valence-corrected chi connectivity index (χ2v) is 5.53. The van der Waals surface area contributed by atoms with Crippen molar-refractivity contribution >= 4 is 38.9 Å². The predicted octanol–water partition coefficient (Wildman–Crippen LogP) is 3.06. The van der Waals surface area contributed by atoms with E-state index in [2.05, 4.69) is 15.3 Å². The molecular formula is C15H11N3O2S. The van der Waals surface area contributed by atoms with E-state index >= 15 is 0 Å². The van der Waals surface area contributed by atoms with Crippen LogP contribution in [0.2, 0.25) is 0 Å². The zero-order valence-electron chi connectivity index (χ0n) is 11.2. The van der Waals surface area contributed by atoms with Crippen LogP contribution in [0, 0.1) is 6.92 Å². The van der Waals surface area contributed by atoms with Crippen molar-refractivity contribution in [2.45, 2.75) is 6.92 Å². The molecule has 2 aromatic heterocycles. The maximum atomic E-state index is 12.1. The van der Waals surface area contributed by atoms with Gasteiger partial charge in [0.25, 0.3) is 5.91 Å². The number of hydrogen-bond donors (Lipinski definition) is 1. The Morgan fingerprint density at radius 2 is 2.14 bits per heavy atom. The Kier molecular flexibility index (Phi) is 3.45. The number of benzene rings is 1. The molecule has 3 rings (SSSR count). The largest absolute Gasteiger partial charge is 0.298 e. The van der Waals surface area contributed by atoms with Crippen LogP contribution in [0.5, 0.6) is 0 Å². The number of anilines is 1. The van der Waals surface area contributed by atoms with Crippen molar-refractivity contribution < 1.29 is 9.59 Å². The molecule has 0 saturated carbocycles. The molecule has 6 heteroatoms. The number of hydrogen-bond acceptors (Lipinski definition) is 5. The van der Waals surface area contributed by atoms with Gasteiger partial charge in [-0.2, -0.15) is 0 Å². The average Bonchev–Trinajstić information content (AvgIpc) is 2.88. The van der Waals surface area contributed by atoms with Crippen molar-refractivity contribution in [3.63, 3.8) is 0 Å². The van der Waals surface area contributed by atoms with E-state index < -0.39 is 0 Å². The van der Waals surface area contributed by atoms with Crippen molar-refractivity contribution in [1.82, 2.24) is 9.97 Å². The number of rotatable bonds is 3. The molecule has 3 aromatic rings. The average molecular weight is 297 g/mol. The first-order chi connectivity index (χ1) is 10.2. The van der Waals surface area contributed by atoms with Crippen molar-refractivity contribution in [2.75, 3.05) is 5.32 Å². The van der Waals surface area contributed by atoms with E-state index in [0.29, 0.717) is 16.3 Å². The third-order valence-electron chi connectivity index (χ3n) is 2.93. The number of aryl methyl sites for hydroxylation is 1. The van der Waals surface area contributed by atoms with Crippen LogP contribution in [-0.2, 0) is 0 Å². The van der Waals surface area contributed by atoms with E-state index in [0.717, 1.165) is 22.2 Å². The summed E-state index contributed by atoms with van der Waals surface area (Å²) in [5.74, 6) is -0.227. The summed E-state index contributed by atoms with van der Waals surface area (Å²) in [5.41, 5.74) is 2.67. The SMILES string of the molecule is Cc1cc(C(=O)Nc2nc3ccc(C=O)cc3s2)ccn1. The maximum Gasteiger partial charge on any atom is 0.257 e. The Morgan fingerprint density at radius 3 is 2.90 bits per heavy atom. The topological polar surface area (TPSA) is 72.0 Å². The zero-order valence-corrected chi connectivity index (χ0v) is 12.0. The Bertz CT molecular complexity index is 842. The molecule has 0 aliphatic heterocycles. The number of fused-ring (bicyclic) bond motifs is 1. The number of aromatic nitrogens is 2. The van der Waals surface area contributed by atoms with Crippen molar-refractivity contribution in [1.29, 1.82) is 0 Å². The number of carbonyl (C=O) groups is 2. The van der Waals surface area contributed by atoms with Gasteiger partial charge < -0.3 is 0 Å². The van der Waals surface area contributed by atoms with Gasteiger partial charge in [0.2, 0.25) is 0 Å². The van der Waals surface area contributed by atoms with E-state index in [-0.39, 0.29) is 5.91 Å². The number of pyridine rings is 1. The molecule has 1 aromatic carbocycles. The number of thiazole rings is 1. The third kappa shape index (κ3) is 2.80. The van der Waals surface area contributed by atoms with E-state index in [4.69, 9.17) is 0 Å². The first-order valence-corrected chi connectivity index (χ1v) is 7.07. The second-order valence-electron chi connectivity index (χ2n) is 4.50. The van der Waals surface area contributed by atoms with E-state index in [1.165, 1.54) is 11.3 Å². The van der Waals surface area contributed by atoms with Gasteiger partial charge in [-0.1, -0.05) is 11.3 Å². The molecule has 0 saturated heterocycles. The zero-order chi connectivity index (χ0) is 14.8. The monoisotopic (exact) mass is 297 g/mol. The molecule has 0 atom stereocenters. The fraction of sp³-hybridized carbons (Fsp3) is 0.0667. The predicted molar refractivity (Wildman–Crippen MR) is 81.9 cm³/mol. The van der Waals surface area contributed by atoms with Gasteiger partial charge in [0, 0.05) is 23.0 Å². The third-order valence-corrected chi connectivity index (χ3v) is 3.86. The molecule has 21 heavy (non-hydrogen) atoms. The van der Waals surface area contributed by atoms with Gasteiger partial charge in [-0.15, -0.1) is 0 Å². The molecule has 0 bridgehead atoms. The minimum atomic E-state index is -0.227. The molecule has 0 aliphatic carbocycles. The summed E-state index contributed by atoms with van der Waals surface area (Å²) in [7, 11) is 0. The lowest BCUT2D eigenvalue weighted by Gasteiger charge is -2.01. The number of aldehydes is 1. The van der Waals surface area contributed by atoms with Crippen molar-refractivity contribution in [3.05, 3.63) is 53.3 Å². The summed E-state index contributed by atoms with van der Waals surface area (Å²) in [6.07, 6.45) is 2.39. The number of amides is 1. The first kappa shape index (κ1) is 13.4. The van der Waals surface area contributed by atoms with Crippen LogP contribution < -0.4 is 5.32 Å². The molecule has 104 valence electrons. The second kappa shape index (κ2) is 5.41. The fourth-order valence-electron chi connectivity index (χ4n) is 1.92. The Balaban J connectivity index is 1.87. The maximum absolute atomic E-state index is 12.1. The fourth-order valence-corrected chi connectivity index (χ4v) is 2.83. The highest BCUT2D eigenvalue weighted by atomic mass is 32.1. The highest BCUT2D eigenvalue weighted by Gasteiger charge is 2.10. The van der Waals surface area contributed by atoms with Gasteiger partial charge in [0.1, 0.15) is 6.29 Å². The first-order valence-electron chi connectivity index (χ1n) is 6.25. The summed E-state index contributed by atoms with van der Waals surface area (Å²) < 4.78 is 0.862. The van der Waals surface area contributed by atoms with Crippen LogP contribution >= 0.6 is 11.3 Å². The van der Waals surface area contributed by atoms with Gasteiger partial charge in [-0.3, -0.25) is 19.9 Å². The van der Waals surface area contributed by atoms with E-state index in [1.807, 2.05) is 6.92 Å². The number of carbonyl (C=O) groups excluding carboxylic acids is 2. The van der Waals surface area contributed by atoms with Gasteiger partial charge in [0.05, 0.1) is 10.2 Å². The molecule has 0 aliphatic rings. The van der Waals surface area contributed by atoms with Crippen LogP contribution in [0.1, 0.15) is 26.4 Å². The minimum absolute atomic E-state index is 0.227. The Labute approximate surface area is 124 Å². The lowest BCUT2D eigenvalue weighted by atomic mass is 10.2. The molecule has 0 fully saturated rings. The summed E-state index contributed by atoms with van der Waals surface area (Å²) >= 11 is 1.34. The van der Waals surface area contributed by atoms with Crippen LogP contribution in [0.4, 0.5) is 5.13 Å². The lowest BCUT2D eigenvalue weighted by molar-refractivity contribution is 0.102. The summed E-state index contributed by atoms with van der Waals surface area (Å²) in [6, 6.07) is 8.59. The smallest absolute Gasteiger partial charge is 0.257 e. The lowest BCUT2D eigenvalue weighted by Crippen LogP contribution is -2.11. The van der Waals surface area contributed by atoms with Gasteiger partial charge in [0.15, 0.2) is 5.13 Å². The Hall–Kier alpha value is -2.60. The van der Waals surface area contributed by atoms with Crippen LogP contribution in [-0.4, -0.2) is 22.2 Å². The normalized spacial score (nSPS) is 10.5. The summed E-state index contributed by atoms with van der Waals surface area (Å²) in [6.45, 7) is 1.83. The standard InChI is InChI=1S/C15H11N3O2S/c1-9-6-11(4-5-16-9)14(20)18-15-17-12-3-2-10(8-19)7-13(12)21-15/h2-8H,1H3,(H,17,18,20). The molecule has 1 amide bonds. The molecule has 0 spiro atoms. The highest BCUT2D eigenvalue weighted by Crippen LogP contribution is 2.26. The van der Waals surface area contributed by atoms with Gasteiger partial charge in [-0.05, 0) is 37.3 Å². The Morgan fingerprint density at radius 1 is 1.29 bits per heavy atom. The van der Waals surface area contributed by atoms with Crippen LogP contribution in [0.15, 0.2) is 36.5 Å². The van der Waals surface area contributed by atoms with Crippen LogP contribution in [0.25, 0.3) is 10.2 Å². The number of nitrogens with zero attached hydrogens (tertiary/aromatic N) is 2. The van der Waals surface area contributed by atoms with Crippen molar-refractivity contribution in [3.8, 4) is 0 Å². The highest BCUT2D eigenvalue weighted by molar-refractivity contribution is 7.22. The summed E-state index contributed by atoms with van der Waals surface area (Å²) in [4.78, 5) is 31.3. The number of nitrogens with one attached hydrogen (secondary N) is 1. The molecule has 1 N–H and O–H groups in total. The minimum Gasteiger partial charge on any atom is -0.298 e. The molecule has 0 radical (unpaired) electrons. The van der Waals surface area contributed by atoms with E-state index in [9.17, 15) is 9.59 Å². The molecule has 2 heterocycles. The van der Waals surface area contributed by atoms with E-state index in [1.54, 1.807) is 36.5 Å². The molecule has 0 unspecified atom stereocenters. The van der Waals surface area contributed by atoms with Gasteiger partial charge in [-0.25, -0.2) is 4.98 Å². The van der Waals surface area contributed by atoms with Crippen LogP contribution in [0.3, 0.4) is 0 Å². The molecular weight excluding hydrogens is 286 g/mol. The van der Waals surface area contributed by atoms with Crippen molar-refractivity contribution in [2.24, 2.45) is 0 Å².